The topological polar surface area (TPSA) is 82.5 Å². The highest BCUT2D eigenvalue weighted by Crippen LogP contribution is 2.35. The van der Waals surface area contributed by atoms with E-state index in [-0.39, 0.29) is 29.4 Å². The number of nitrogens with zero attached hydrogens (tertiary/aromatic N) is 2. The van der Waals surface area contributed by atoms with Gasteiger partial charge in [0.15, 0.2) is 5.16 Å². The number of amides is 1. The van der Waals surface area contributed by atoms with Gasteiger partial charge in [-0.2, -0.15) is 0 Å². The van der Waals surface area contributed by atoms with Crippen molar-refractivity contribution in [2.45, 2.75) is 75.3 Å². The summed E-state index contributed by atoms with van der Waals surface area (Å²) in [5.41, 5.74) is 1.23. The molecule has 4 heterocycles. The Bertz CT molecular complexity index is 1010. The third-order valence-electron chi connectivity index (χ3n) is 6.33. The highest BCUT2D eigenvalue weighted by molar-refractivity contribution is 7.99. The van der Waals surface area contributed by atoms with Crippen LogP contribution in [-0.4, -0.2) is 53.2 Å². The van der Waals surface area contributed by atoms with Crippen molar-refractivity contribution in [2.75, 3.05) is 25.5 Å². The van der Waals surface area contributed by atoms with Gasteiger partial charge in [-0.25, -0.2) is 4.98 Å². The van der Waals surface area contributed by atoms with E-state index in [1.807, 2.05) is 0 Å². The minimum Gasteiger partial charge on any atom is -0.376 e. The number of carbonyl (C=O) groups is 1. The second kappa shape index (κ2) is 9.60. The zero-order valence-electron chi connectivity index (χ0n) is 17.7. The number of hydrogen-bond acceptors (Lipinski definition) is 7. The van der Waals surface area contributed by atoms with Gasteiger partial charge in [0.05, 0.1) is 29.9 Å². The van der Waals surface area contributed by atoms with Gasteiger partial charge in [0.25, 0.3) is 5.56 Å². The zero-order valence-corrected chi connectivity index (χ0v) is 19.3. The van der Waals surface area contributed by atoms with Crippen LogP contribution in [0.5, 0.6) is 0 Å². The second-order valence-corrected chi connectivity index (χ2v) is 10.6. The number of carbonyl (C=O) groups excluding carboxylic acids is 1. The van der Waals surface area contributed by atoms with E-state index in [0.717, 1.165) is 68.4 Å². The number of aryl methyl sites for hydroxylation is 2. The average molecular weight is 464 g/mol. The summed E-state index contributed by atoms with van der Waals surface area (Å²) in [5.74, 6) is 0.186. The lowest BCUT2D eigenvalue weighted by Crippen LogP contribution is -2.33. The summed E-state index contributed by atoms with van der Waals surface area (Å²) in [7, 11) is 0. The Morgan fingerprint density at radius 1 is 1.13 bits per heavy atom. The lowest BCUT2D eigenvalue weighted by atomic mass is 9.97. The standard InChI is InChI=1S/C22H29N3O4S2/c26-18(23-11-14-5-3-9-28-14)13-30-22-24-20-19(16-7-1-2-8-17(16)31-20)21(27)25(22)12-15-6-4-10-29-15/h14-15H,1-13H2,(H,23,26)/t14-,15-/m0/s1. The number of nitrogens with one attached hydrogen (secondary N) is 1. The number of rotatable bonds is 7. The van der Waals surface area contributed by atoms with Gasteiger partial charge < -0.3 is 14.8 Å². The predicted octanol–water partition coefficient (Wildman–Crippen LogP) is 2.90. The van der Waals surface area contributed by atoms with Crippen LogP contribution in [0.15, 0.2) is 9.95 Å². The van der Waals surface area contributed by atoms with Gasteiger partial charge in [0, 0.05) is 24.6 Å². The molecule has 31 heavy (non-hydrogen) atoms. The average Bonchev–Trinajstić information content (AvgIpc) is 3.53. The molecule has 1 amide bonds. The third kappa shape index (κ3) is 4.69. The molecule has 3 aliphatic rings. The number of thioether (sulfide) groups is 1. The molecular formula is C22H29N3O4S2. The Balaban J connectivity index is 1.38. The number of thiophene rings is 1. The Morgan fingerprint density at radius 3 is 2.68 bits per heavy atom. The molecule has 2 atom stereocenters. The minimum atomic E-state index is -0.0519. The van der Waals surface area contributed by atoms with Crippen molar-refractivity contribution in [3.8, 4) is 0 Å². The Labute approximate surface area is 189 Å². The molecule has 0 bridgehead atoms. The lowest BCUT2D eigenvalue weighted by Gasteiger charge is -2.16. The van der Waals surface area contributed by atoms with E-state index in [4.69, 9.17) is 14.5 Å². The van der Waals surface area contributed by atoms with Crippen molar-refractivity contribution in [2.24, 2.45) is 0 Å². The molecule has 7 nitrogen and oxygen atoms in total. The van der Waals surface area contributed by atoms with Crippen LogP contribution in [0.4, 0.5) is 0 Å². The molecule has 1 aliphatic carbocycles. The van der Waals surface area contributed by atoms with Crippen molar-refractivity contribution < 1.29 is 14.3 Å². The lowest BCUT2D eigenvalue weighted by molar-refractivity contribution is -0.119. The van der Waals surface area contributed by atoms with E-state index in [1.165, 1.54) is 28.6 Å². The molecule has 5 rings (SSSR count). The SMILES string of the molecule is O=C(CSc1nc2sc3c(c2c(=O)n1C[C@@H]1CCCO1)CCCC3)NC[C@@H]1CCCO1. The fourth-order valence-electron chi connectivity index (χ4n) is 4.70. The van der Waals surface area contributed by atoms with Gasteiger partial charge in [-0.1, -0.05) is 11.8 Å². The molecule has 0 aromatic carbocycles. The largest absolute Gasteiger partial charge is 0.376 e. The molecule has 1 N–H and O–H groups in total. The maximum atomic E-state index is 13.6. The summed E-state index contributed by atoms with van der Waals surface area (Å²) < 4.78 is 13.1. The number of aromatic nitrogens is 2. The van der Waals surface area contributed by atoms with E-state index in [2.05, 4.69) is 5.32 Å². The van der Waals surface area contributed by atoms with Crippen LogP contribution in [0.1, 0.15) is 49.0 Å². The molecule has 2 aromatic rings. The smallest absolute Gasteiger partial charge is 0.263 e. The van der Waals surface area contributed by atoms with Crippen molar-refractivity contribution in [1.82, 2.24) is 14.9 Å². The molecule has 168 valence electrons. The Morgan fingerprint density at radius 2 is 1.90 bits per heavy atom. The Kier molecular flexibility index (Phi) is 6.64. The second-order valence-electron chi connectivity index (χ2n) is 8.56. The molecule has 2 saturated heterocycles. The summed E-state index contributed by atoms with van der Waals surface area (Å²) in [5, 5.41) is 4.38. The van der Waals surface area contributed by atoms with Crippen LogP contribution < -0.4 is 10.9 Å². The molecule has 0 unspecified atom stereocenters. The van der Waals surface area contributed by atoms with E-state index < -0.39 is 0 Å². The van der Waals surface area contributed by atoms with Crippen LogP contribution in [0.3, 0.4) is 0 Å². The number of fused-ring (bicyclic) bond motifs is 3. The van der Waals surface area contributed by atoms with Crippen LogP contribution in [-0.2, 0) is 33.7 Å². The molecule has 0 radical (unpaired) electrons. The molecular weight excluding hydrogens is 434 g/mol. The fourth-order valence-corrected chi connectivity index (χ4v) is 6.84. The highest BCUT2D eigenvalue weighted by atomic mass is 32.2. The predicted molar refractivity (Wildman–Crippen MR) is 122 cm³/mol. The summed E-state index contributed by atoms with van der Waals surface area (Å²) in [6, 6.07) is 0. The van der Waals surface area contributed by atoms with E-state index in [1.54, 1.807) is 15.9 Å². The molecule has 0 saturated carbocycles. The van der Waals surface area contributed by atoms with Gasteiger partial charge in [-0.05, 0) is 56.9 Å². The number of ether oxygens (including phenoxy) is 2. The quantitative estimate of drug-likeness (QED) is 0.502. The first-order chi connectivity index (χ1) is 15.2. The number of hydrogen-bond donors (Lipinski definition) is 1. The maximum Gasteiger partial charge on any atom is 0.263 e. The van der Waals surface area contributed by atoms with Crippen LogP contribution in [0.25, 0.3) is 10.2 Å². The highest BCUT2D eigenvalue weighted by Gasteiger charge is 2.25. The van der Waals surface area contributed by atoms with E-state index in [9.17, 15) is 9.59 Å². The molecule has 2 aromatic heterocycles. The van der Waals surface area contributed by atoms with Crippen molar-refractivity contribution in [3.05, 3.63) is 20.8 Å². The zero-order chi connectivity index (χ0) is 21.2. The van der Waals surface area contributed by atoms with Gasteiger partial charge >= 0.3 is 0 Å². The summed E-state index contributed by atoms with van der Waals surface area (Å²) >= 11 is 3.00. The summed E-state index contributed by atoms with van der Waals surface area (Å²) in [4.78, 5) is 33.0. The van der Waals surface area contributed by atoms with Gasteiger partial charge in [0.1, 0.15) is 4.83 Å². The van der Waals surface area contributed by atoms with Gasteiger partial charge in [0.2, 0.25) is 5.91 Å². The van der Waals surface area contributed by atoms with Crippen molar-refractivity contribution in [1.29, 1.82) is 0 Å². The van der Waals surface area contributed by atoms with Crippen LogP contribution >= 0.6 is 23.1 Å². The van der Waals surface area contributed by atoms with Crippen LogP contribution in [0, 0.1) is 0 Å². The van der Waals surface area contributed by atoms with Gasteiger partial charge in [-0.3, -0.25) is 14.2 Å². The van der Waals surface area contributed by atoms with Gasteiger partial charge in [-0.15, -0.1) is 11.3 Å². The van der Waals surface area contributed by atoms with Crippen molar-refractivity contribution in [3.63, 3.8) is 0 Å². The summed E-state index contributed by atoms with van der Waals surface area (Å²) in [6.07, 6.45) is 8.50. The molecule has 2 aliphatic heterocycles. The molecule has 9 heteroatoms. The Hall–Kier alpha value is -1.42. The maximum absolute atomic E-state index is 13.6. The third-order valence-corrected chi connectivity index (χ3v) is 8.50. The first-order valence-corrected chi connectivity index (χ1v) is 13.2. The van der Waals surface area contributed by atoms with Crippen molar-refractivity contribution >= 4 is 39.2 Å². The molecule has 0 spiro atoms. The van der Waals surface area contributed by atoms with E-state index >= 15 is 0 Å². The van der Waals surface area contributed by atoms with Crippen LogP contribution in [0.2, 0.25) is 0 Å². The first kappa shape index (κ1) is 21.4. The summed E-state index contributed by atoms with van der Waals surface area (Å²) in [6.45, 7) is 2.58. The minimum absolute atomic E-state index is 0.0298. The normalized spacial score (nSPS) is 23.4. The first-order valence-electron chi connectivity index (χ1n) is 11.4. The van der Waals surface area contributed by atoms with E-state index in [0.29, 0.717) is 18.2 Å². The molecule has 2 fully saturated rings. The fraction of sp³-hybridized carbons (Fsp3) is 0.682. The monoisotopic (exact) mass is 463 g/mol.